The Hall–Kier alpha value is -1.96. The summed E-state index contributed by atoms with van der Waals surface area (Å²) in [7, 11) is 0. The fraction of sp³-hybridized carbons (Fsp3) is 0.273. The normalized spacial score (nSPS) is 15.9. The molecule has 0 unspecified atom stereocenters. The molecule has 19 heavy (non-hydrogen) atoms. The van der Waals surface area contributed by atoms with E-state index in [9.17, 15) is 0 Å². The van der Waals surface area contributed by atoms with Crippen molar-refractivity contribution in [3.05, 3.63) is 29.5 Å². The van der Waals surface area contributed by atoms with Gasteiger partial charge in [-0.25, -0.2) is 15.0 Å². The van der Waals surface area contributed by atoms with Gasteiger partial charge in [0.25, 0.3) is 0 Å². The molecule has 4 heterocycles. The molecule has 3 aromatic heterocycles. The molecule has 1 aliphatic rings. The standard InChI is InChI=1S/C11H10BrN7/c12-7-1-17-19(2-7)8-3-18(4-8)11-9-10(14-5-13-9)15-6-16-11/h1-2,5-6,8H,3-4H2,(H,13,14,15,16). The number of nitrogens with zero attached hydrogens (tertiary/aromatic N) is 6. The van der Waals surface area contributed by atoms with Gasteiger partial charge in [-0.05, 0) is 15.9 Å². The Bertz CT molecular complexity index is 727. The van der Waals surface area contributed by atoms with Gasteiger partial charge in [-0.1, -0.05) is 0 Å². The van der Waals surface area contributed by atoms with Crippen molar-refractivity contribution in [2.24, 2.45) is 0 Å². The maximum Gasteiger partial charge on any atom is 0.182 e. The van der Waals surface area contributed by atoms with Crippen molar-refractivity contribution >= 4 is 32.9 Å². The van der Waals surface area contributed by atoms with E-state index in [1.54, 1.807) is 18.9 Å². The van der Waals surface area contributed by atoms with E-state index in [0.29, 0.717) is 11.7 Å². The van der Waals surface area contributed by atoms with Gasteiger partial charge in [-0.3, -0.25) is 4.68 Å². The molecular weight excluding hydrogens is 310 g/mol. The molecule has 7 nitrogen and oxygen atoms in total. The zero-order valence-electron chi connectivity index (χ0n) is 9.86. The van der Waals surface area contributed by atoms with Crippen LogP contribution >= 0.6 is 15.9 Å². The Kier molecular flexibility index (Phi) is 2.31. The molecule has 0 bridgehead atoms. The maximum absolute atomic E-state index is 4.34. The number of hydrogen-bond acceptors (Lipinski definition) is 5. The summed E-state index contributed by atoms with van der Waals surface area (Å²) in [5.41, 5.74) is 1.60. The smallest absolute Gasteiger partial charge is 0.182 e. The summed E-state index contributed by atoms with van der Waals surface area (Å²) >= 11 is 3.41. The summed E-state index contributed by atoms with van der Waals surface area (Å²) in [5, 5.41) is 4.31. The molecule has 0 radical (unpaired) electrons. The molecule has 8 heteroatoms. The number of rotatable bonds is 2. The molecule has 1 aliphatic heterocycles. The lowest BCUT2D eigenvalue weighted by Crippen LogP contribution is -2.48. The first kappa shape index (κ1) is 10.9. The van der Waals surface area contributed by atoms with Crippen LogP contribution in [0, 0.1) is 0 Å². The largest absolute Gasteiger partial charge is 0.350 e. The van der Waals surface area contributed by atoms with Crippen LogP contribution in [0.25, 0.3) is 11.2 Å². The number of imidazole rings is 1. The van der Waals surface area contributed by atoms with E-state index >= 15 is 0 Å². The predicted octanol–water partition coefficient (Wildman–Crippen LogP) is 1.37. The Balaban J connectivity index is 1.58. The molecule has 0 atom stereocenters. The van der Waals surface area contributed by atoms with E-state index in [4.69, 9.17) is 0 Å². The van der Waals surface area contributed by atoms with Gasteiger partial charge in [0, 0.05) is 19.3 Å². The van der Waals surface area contributed by atoms with Crippen LogP contribution in [-0.4, -0.2) is 42.8 Å². The molecule has 1 fully saturated rings. The molecule has 0 spiro atoms. The van der Waals surface area contributed by atoms with E-state index in [1.807, 2.05) is 10.9 Å². The third kappa shape index (κ3) is 1.71. The predicted molar refractivity (Wildman–Crippen MR) is 72.9 cm³/mol. The van der Waals surface area contributed by atoms with Crippen molar-refractivity contribution in [3.8, 4) is 0 Å². The van der Waals surface area contributed by atoms with Crippen LogP contribution in [0.2, 0.25) is 0 Å². The molecule has 0 aromatic carbocycles. The summed E-state index contributed by atoms with van der Waals surface area (Å²) in [5.74, 6) is 0.907. The van der Waals surface area contributed by atoms with Crippen LogP contribution in [0.1, 0.15) is 6.04 Å². The third-order valence-electron chi connectivity index (χ3n) is 3.31. The van der Waals surface area contributed by atoms with Crippen molar-refractivity contribution in [3.63, 3.8) is 0 Å². The molecule has 0 amide bonds. The number of aromatic nitrogens is 6. The average molecular weight is 320 g/mol. The summed E-state index contributed by atoms with van der Waals surface area (Å²) < 4.78 is 2.98. The molecule has 4 rings (SSSR count). The molecule has 3 aromatic rings. The van der Waals surface area contributed by atoms with Gasteiger partial charge in [-0.15, -0.1) is 0 Å². The fourth-order valence-corrected chi connectivity index (χ4v) is 2.60. The van der Waals surface area contributed by atoms with Crippen LogP contribution in [0.3, 0.4) is 0 Å². The minimum absolute atomic E-state index is 0.388. The minimum atomic E-state index is 0.388. The first-order chi connectivity index (χ1) is 9.31. The van der Waals surface area contributed by atoms with E-state index < -0.39 is 0 Å². The topological polar surface area (TPSA) is 75.5 Å². The minimum Gasteiger partial charge on any atom is -0.350 e. The fourth-order valence-electron chi connectivity index (χ4n) is 2.30. The summed E-state index contributed by atoms with van der Waals surface area (Å²) in [6.07, 6.45) is 7.00. The number of halogens is 1. The van der Waals surface area contributed by atoms with Gasteiger partial charge < -0.3 is 9.88 Å². The summed E-state index contributed by atoms with van der Waals surface area (Å²) in [4.78, 5) is 17.9. The number of fused-ring (bicyclic) bond motifs is 1. The zero-order chi connectivity index (χ0) is 12.8. The highest BCUT2D eigenvalue weighted by molar-refractivity contribution is 9.10. The zero-order valence-corrected chi connectivity index (χ0v) is 11.4. The molecule has 1 N–H and O–H groups in total. The Morgan fingerprint density at radius 3 is 2.95 bits per heavy atom. The van der Waals surface area contributed by atoms with E-state index in [0.717, 1.165) is 28.9 Å². The second-order valence-electron chi connectivity index (χ2n) is 4.50. The van der Waals surface area contributed by atoms with Crippen molar-refractivity contribution in [1.29, 1.82) is 0 Å². The van der Waals surface area contributed by atoms with Gasteiger partial charge in [0.2, 0.25) is 0 Å². The number of aromatic amines is 1. The van der Waals surface area contributed by atoms with Crippen LogP contribution in [0.15, 0.2) is 29.5 Å². The van der Waals surface area contributed by atoms with E-state index in [1.165, 1.54) is 0 Å². The maximum atomic E-state index is 4.34. The Morgan fingerprint density at radius 2 is 2.16 bits per heavy atom. The Morgan fingerprint density at radius 1 is 1.26 bits per heavy atom. The molecule has 1 saturated heterocycles. The SMILES string of the molecule is Brc1cnn(C2CN(c3ncnc4nc[nH]c34)C2)c1. The lowest BCUT2D eigenvalue weighted by molar-refractivity contribution is 0.366. The van der Waals surface area contributed by atoms with Gasteiger partial charge in [0.05, 0.1) is 23.0 Å². The van der Waals surface area contributed by atoms with Gasteiger partial charge in [0.1, 0.15) is 11.8 Å². The van der Waals surface area contributed by atoms with Gasteiger partial charge >= 0.3 is 0 Å². The van der Waals surface area contributed by atoms with E-state index in [2.05, 4.69) is 45.9 Å². The van der Waals surface area contributed by atoms with Gasteiger partial charge in [0.15, 0.2) is 11.5 Å². The quantitative estimate of drug-likeness (QED) is 0.772. The van der Waals surface area contributed by atoms with Crippen LogP contribution < -0.4 is 4.90 Å². The Labute approximate surface area is 116 Å². The van der Waals surface area contributed by atoms with Gasteiger partial charge in [-0.2, -0.15) is 5.10 Å². The highest BCUT2D eigenvalue weighted by atomic mass is 79.9. The van der Waals surface area contributed by atoms with Crippen LogP contribution in [0.5, 0.6) is 0 Å². The highest BCUT2D eigenvalue weighted by Crippen LogP contribution is 2.29. The monoisotopic (exact) mass is 319 g/mol. The highest BCUT2D eigenvalue weighted by Gasteiger charge is 2.31. The van der Waals surface area contributed by atoms with Crippen LogP contribution in [0.4, 0.5) is 5.82 Å². The lowest BCUT2D eigenvalue weighted by Gasteiger charge is -2.39. The molecule has 0 saturated carbocycles. The summed E-state index contributed by atoms with van der Waals surface area (Å²) in [6, 6.07) is 0.388. The number of hydrogen-bond donors (Lipinski definition) is 1. The van der Waals surface area contributed by atoms with Crippen molar-refractivity contribution < 1.29 is 0 Å². The third-order valence-corrected chi connectivity index (χ3v) is 3.72. The first-order valence-electron chi connectivity index (χ1n) is 5.90. The van der Waals surface area contributed by atoms with Crippen molar-refractivity contribution in [2.45, 2.75) is 6.04 Å². The first-order valence-corrected chi connectivity index (χ1v) is 6.69. The second kappa shape index (κ2) is 4.02. The number of H-pyrrole nitrogens is 1. The lowest BCUT2D eigenvalue weighted by atomic mass is 10.1. The molecular formula is C11H10BrN7. The van der Waals surface area contributed by atoms with Crippen molar-refractivity contribution in [2.75, 3.05) is 18.0 Å². The summed E-state index contributed by atoms with van der Waals surface area (Å²) in [6.45, 7) is 1.78. The molecule has 0 aliphatic carbocycles. The number of nitrogens with one attached hydrogen (secondary N) is 1. The average Bonchev–Trinajstić information content (AvgIpc) is 2.96. The van der Waals surface area contributed by atoms with E-state index in [-0.39, 0.29) is 0 Å². The molecule has 96 valence electrons. The number of anilines is 1. The second-order valence-corrected chi connectivity index (χ2v) is 5.41. The van der Waals surface area contributed by atoms with Crippen LogP contribution in [-0.2, 0) is 0 Å². The van der Waals surface area contributed by atoms with Crippen molar-refractivity contribution in [1.82, 2.24) is 29.7 Å².